The summed E-state index contributed by atoms with van der Waals surface area (Å²) in [6.45, 7) is 4.23. The molecular weight excluding hydrogens is 209 g/mol. The molecule has 3 nitrogen and oxygen atoms in total. The number of ketones is 1. The molecule has 1 unspecified atom stereocenters. The molecule has 1 aromatic heterocycles. The van der Waals surface area contributed by atoms with Gasteiger partial charge in [0.2, 0.25) is 0 Å². The Balaban J connectivity index is 2.85. The van der Waals surface area contributed by atoms with E-state index in [2.05, 4.69) is 4.98 Å². The zero-order valence-corrected chi connectivity index (χ0v) is 9.57. The molecule has 0 radical (unpaired) electrons. The highest BCUT2D eigenvalue weighted by Gasteiger charge is 2.22. The maximum Gasteiger partial charge on any atom is 0.194 e. The molecule has 0 aliphatic rings. The number of hydrogen-bond acceptors (Lipinski definition) is 3. The largest absolute Gasteiger partial charge is 0.370 e. The van der Waals surface area contributed by atoms with Gasteiger partial charge in [0.05, 0.1) is 11.8 Å². The van der Waals surface area contributed by atoms with Gasteiger partial charge in [-0.05, 0) is 19.4 Å². The van der Waals surface area contributed by atoms with Gasteiger partial charge >= 0.3 is 0 Å². The predicted molar refractivity (Wildman–Crippen MR) is 58.8 cm³/mol. The van der Waals surface area contributed by atoms with Crippen molar-refractivity contribution in [1.29, 1.82) is 0 Å². The smallest absolute Gasteiger partial charge is 0.194 e. The number of rotatable bonds is 6. The van der Waals surface area contributed by atoms with Crippen molar-refractivity contribution in [2.24, 2.45) is 0 Å². The summed E-state index contributed by atoms with van der Waals surface area (Å²) in [4.78, 5) is 15.6. The van der Waals surface area contributed by atoms with Crippen LogP contribution in [0.1, 0.15) is 37.0 Å². The summed E-state index contributed by atoms with van der Waals surface area (Å²) in [5.41, 5.74) is 0.0573. The molecule has 16 heavy (non-hydrogen) atoms. The van der Waals surface area contributed by atoms with Gasteiger partial charge in [0.1, 0.15) is 6.10 Å². The summed E-state index contributed by atoms with van der Waals surface area (Å²) in [5, 5.41) is 0. The van der Waals surface area contributed by atoms with Crippen molar-refractivity contribution in [3.8, 4) is 0 Å². The predicted octanol–water partition coefficient (Wildman–Crippen LogP) is 2.61. The van der Waals surface area contributed by atoms with Crippen LogP contribution in [0.15, 0.2) is 18.5 Å². The maximum absolute atomic E-state index is 13.3. The molecule has 0 aromatic carbocycles. The number of aromatic nitrogens is 1. The Morgan fingerprint density at radius 3 is 2.88 bits per heavy atom. The summed E-state index contributed by atoms with van der Waals surface area (Å²) in [5.74, 6) is -0.892. The van der Waals surface area contributed by atoms with Gasteiger partial charge in [0, 0.05) is 12.8 Å². The van der Waals surface area contributed by atoms with E-state index in [9.17, 15) is 9.18 Å². The van der Waals surface area contributed by atoms with E-state index in [1.807, 2.05) is 13.8 Å². The number of hydrogen-bond donors (Lipinski definition) is 0. The number of ether oxygens (including phenoxy) is 1. The van der Waals surface area contributed by atoms with Crippen molar-refractivity contribution in [3.05, 3.63) is 29.8 Å². The lowest BCUT2D eigenvalue weighted by atomic mass is 10.0. The van der Waals surface area contributed by atoms with Crippen molar-refractivity contribution in [2.45, 2.75) is 32.8 Å². The summed E-state index contributed by atoms with van der Waals surface area (Å²) in [7, 11) is 0. The molecule has 1 rings (SSSR count). The molecule has 0 aliphatic heterocycles. The minimum absolute atomic E-state index is 0.0573. The Labute approximate surface area is 94.6 Å². The van der Waals surface area contributed by atoms with Crippen molar-refractivity contribution < 1.29 is 13.9 Å². The van der Waals surface area contributed by atoms with Crippen LogP contribution >= 0.6 is 0 Å². The van der Waals surface area contributed by atoms with E-state index >= 15 is 0 Å². The molecule has 0 fully saturated rings. The third-order valence-electron chi connectivity index (χ3n) is 2.25. The molecule has 0 spiro atoms. The number of halogens is 1. The van der Waals surface area contributed by atoms with Crippen LogP contribution < -0.4 is 0 Å². The fourth-order valence-corrected chi connectivity index (χ4v) is 1.50. The second-order valence-electron chi connectivity index (χ2n) is 3.45. The van der Waals surface area contributed by atoms with Gasteiger partial charge in [-0.3, -0.25) is 9.78 Å². The van der Waals surface area contributed by atoms with Crippen molar-refractivity contribution in [3.63, 3.8) is 0 Å². The summed E-state index contributed by atoms with van der Waals surface area (Å²) >= 11 is 0. The molecule has 1 aromatic rings. The van der Waals surface area contributed by atoms with E-state index in [0.717, 1.165) is 12.6 Å². The van der Waals surface area contributed by atoms with E-state index in [1.165, 1.54) is 12.3 Å². The summed E-state index contributed by atoms with van der Waals surface area (Å²) < 4.78 is 18.7. The first-order chi connectivity index (χ1) is 7.70. The molecule has 0 saturated heterocycles. The van der Waals surface area contributed by atoms with Gasteiger partial charge in [-0.1, -0.05) is 13.3 Å². The molecule has 1 heterocycles. The van der Waals surface area contributed by atoms with Crippen molar-refractivity contribution in [2.75, 3.05) is 6.61 Å². The van der Waals surface area contributed by atoms with Gasteiger partial charge in [-0.2, -0.15) is 0 Å². The molecule has 0 aliphatic carbocycles. The number of carbonyl (C=O) groups is 1. The van der Waals surface area contributed by atoms with Crippen LogP contribution in [0.3, 0.4) is 0 Å². The van der Waals surface area contributed by atoms with Crippen LogP contribution in [-0.2, 0) is 4.74 Å². The highest BCUT2D eigenvalue weighted by atomic mass is 19.1. The summed E-state index contributed by atoms with van der Waals surface area (Å²) in [6.07, 6.45) is 3.33. The zero-order valence-electron chi connectivity index (χ0n) is 9.57. The first-order valence-corrected chi connectivity index (χ1v) is 5.46. The molecule has 1 atom stereocenters. The van der Waals surface area contributed by atoms with Gasteiger partial charge < -0.3 is 4.74 Å². The normalized spacial score (nSPS) is 12.4. The van der Waals surface area contributed by atoms with Crippen molar-refractivity contribution in [1.82, 2.24) is 4.98 Å². The Bertz CT molecular complexity index is 349. The third kappa shape index (κ3) is 3.10. The minimum atomic E-state index is -0.590. The fraction of sp³-hybridized carbons (Fsp3) is 0.500. The SMILES string of the molecule is CCCC(OCC)C(=O)c1ccncc1F. The molecule has 0 N–H and O–H groups in total. The lowest BCUT2D eigenvalue weighted by molar-refractivity contribution is 0.0419. The second kappa shape index (κ2) is 6.33. The van der Waals surface area contributed by atoms with Crippen LogP contribution in [0.2, 0.25) is 0 Å². The molecule has 0 amide bonds. The minimum Gasteiger partial charge on any atom is -0.370 e. The van der Waals surface area contributed by atoms with Crippen LogP contribution in [0.5, 0.6) is 0 Å². The van der Waals surface area contributed by atoms with Gasteiger partial charge in [0.25, 0.3) is 0 Å². The van der Waals surface area contributed by atoms with E-state index in [0.29, 0.717) is 13.0 Å². The van der Waals surface area contributed by atoms with E-state index in [-0.39, 0.29) is 11.3 Å². The lowest BCUT2D eigenvalue weighted by Crippen LogP contribution is -2.25. The van der Waals surface area contributed by atoms with Gasteiger partial charge in [-0.25, -0.2) is 4.39 Å². The second-order valence-corrected chi connectivity index (χ2v) is 3.45. The average Bonchev–Trinajstić information content (AvgIpc) is 2.28. The van der Waals surface area contributed by atoms with Crippen LogP contribution in [0, 0.1) is 5.82 Å². The van der Waals surface area contributed by atoms with Crippen LogP contribution in [0.25, 0.3) is 0 Å². The van der Waals surface area contributed by atoms with Crippen LogP contribution in [-0.4, -0.2) is 23.5 Å². The number of Topliss-reactive ketones (excluding diaryl/α,β-unsaturated/α-hetero) is 1. The number of carbonyl (C=O) groups excluding carboxylic acids is 1. The van der Waals surface area contributed by atoms with Gasteiger partial charge in [0.15, 0.2) is 11.6 Å². The Hall–Kier alpha value is -1.29. The highest BCUT2D eigenvalue weighted by Crippen LogP contribution is 2.13. The highest BCUT2D eigenvalue weighted by molar-refractivity contribution is 5.99. The van der Waals surface area contributed by atoms with Crippen molar-refractivity contribution >= 4 is 5.78 Å². The molecule has 0 saturated carbocycles. The monoisotopic (exact) mass is 225 g/mol. The lowest BCUT2D eigenvalue weighted by Gasteiger charge is -2.15. The summed E-state index contributed by atoms with van der Waals surface area (Å²) in [6, 6.07) is 1.39. The fourth-order valence-electron chi connectivity index (χ4n) is 1.50. The topological polar surface area (TPSA) is 39.2 Å². The molecule has 0 bridgehead atoms. The Morgan fingerprint density at radius 2 is 2.31 bits per heavy atom. The average molecular weight is 225 g/mol. The van der Waals surface area contributed by atoms with E-state index in [4.69, 9.17) is 4.74 Å². The standard InChI is InChI=1S/C12H16FNO2/c1-3-5-11(16-4-2)12(15)9-6-7-14-8-10(9)13/h6-8,11H,3-5H2,1-2H3. The number of pyridine rings is 1. The zero-order chi connectivity index (χ0) is 12.0. The Morgan fingerprint density at radius 1 is 1.56 bits per heavy atom. The van der Waals surface area contributed by atoms with Gasteiger partial charge in [-0.15, -0.1) is 0 Å². The Kier molecular flexibility index (Phi) is 5.05. The number of nitrogens with zero attached hydrogens (tertiary/aromatic N) is 1. The van der Waals surface area contributed by atoms with Crippen LogP contribution in [0.4, 0.5) is 4.39 Å². The first-order valence-electron chi connectivity index (χ1n) is 5.46. The maximum atomic E-state index is 13.3. The molecule has 4 heteroatoms. The van der Waals surface area contributed by atoms with E-state index in [1.54, 1.807) is 0 Å². The molecule has 88 valence electrons. The third-order valence-corrected chi connectivity index (χ3v) is 2.25. The first kappa shape index (κ1) is 12.8. The quantitative estimate of drug-likeness (QED) is 0.698. The van der Waals surface area contributed by atoms with E-state index < -0.39 is 11.9 Å². The molecular formula is C12H16FNO2.